The highest BCUT2D eigenvalue weighted by molar-refractivity contribution is 8.00. The first kappa shape index (κ1) is 96.1. The Labute approximate surface area is 605 Å². The van der Waals surface area contributed by atoms with Crippen LogP contribution in [0.5, 0.6) is 0 Å². The molecule has 0 aromatic rings. The van der Waals surface area contributed by atoms with Crippen molar-refractivity contribution in [2.24, 2.45) is 5.73 Å². The second-order valence-corrected chi connectivity index (χ2v) is 36.2. The van der Waals surface area contributed by atoms with Gasteiger partial charge in [-0.05, 0) is 70.1 Å². The third-order valence-corrected chi connectivity index (χ3v) is 24.5. The van der Waals surface area contributed by atoms with Gasteiger partial charge in [-0.25, -0.2) is 0 Å². The van der Waals surface area contributed by atoms with Gasteiger partial charge in [0.2, 0.25) is 42.1 Å². The number of likely N-dealkylation sites (tertiary alicyclic amines) is 1. The molecule has 18 nitrogen and oxygen atoms in total. The number of ether oxygens (including phenoxy) is 2. The van der Waals surface area contributed by atoms with Crippen LogP contribution in [0.4, 0.5) is 0 Å². The van der Waals surface area contributed by atoms with E-state index in [9.17, 15) is 29.2 Å². The molecule has 0 saturated carbocycles. The summed E-state index contributed by atoms with van der Waals surface area (Å²) >= 11 is 1.55. The van der Waals surface area contributed by atoms with Crippen molar-refractivity contribution in [1.82, 2.24) is 4.90 Å². The van der Waals surface area contributed by atoms with Crippen LogP contribution in [-0.4, -0.2) is 164 Å². The predicted molar refractivity (Wildman–Crippen MR) is 422 cm³/mol. The zero-order valence-corrected chi connectivity index (χ0v) is 67.7. The summed E-state index contributed by atoms with van der Waals surface area (Å²) in [4.78, 5) is 65.3. The molecule has 3 saturated heterocycles. The number of amides is 2. The summed E-state index contributed by atoms with van der Waals surface area (Å²) in [7, 11) is -9.98. The summed E-state index contributed by atoms with van der Waals surface area (Å²) in [5, 5.41) is -0.239. The fraction of sp³-hybridized carbons (Fsp3) is 0.920. The number of nitrogens with two attached hydrogens (primary N) is 1. The van der Waals surface area contributed by atoms with Crippen molar-refractivity contribution < 1.29 is 74.8 Å². The zero-order chi connectivity index (χ0) is 72.1. The normalized spacial score (nSPS) is 20.4. The summed E-state index contributed by atoms with van der Waals surface area (Å²) < 4.78 is 53.3. The Morgan fingerprint density at radius 3 is 1.06 bits per heavy atom. The molecule has 3 fully saturated rings. The van der Waals surface area contributed by atoms with Crippen LogP contribution in [0.1, 0.15) is 342 Å². The van der Waals surface area contributed by atoms with E-state index in [1.807, 2.05) is 6.92 Å². The van der Waals surface area contributed by atoms with E-state index < -0.39 is 54.7 Å². The number of hydrogen-bond acceptors (Lipinski definition) is 18. The van der Waals surface area contributed by atoms with E-state index in [0.29, 0.717) is 58.8 Å². The molecule has 98 heavy (non-hydrogen) atoms. The van der Waals surface area contributed by atoms with E-state index in [0.717, 1.165) is 57.1 Å². The van der Waals surface area contributed by atoms with Gasteiger partial charge in [0.25, 0.3) is 0 Å². The quantitative estimate of drug-likeness (QED) is 0.0216. The molecule has 0 radical (unpaired) electrons. The number of thioether (sulfide) groups is 1. The number of imide groups is 1. The third-order valence-electron chi connectivity index (χ3n) is 18.6. The van der Waals surface area contributed by atoms with Gasteiger partial charge in [-0.1, -0.05) is 290 Å². The van der Waals surface area contributed by atoms with Crippen LogP contribution < -0.4 is 5.73 Å². The minimum absolute atomic E-state index is 0.0292. The molecule has 0 aromatic carbocycles. The Kier molecular flexibility index (Phi) is 63.0. The van der Waals surface area contributed by atoms with Gasteiger partial charge in [0, 0.05) is 53.2 Å². The Hall–Kier alpha value is 0.0900. The lowest BCUT2D eigenvalue weighted by atomic mass is 10.0. The molecule has 23 heteroatoms. The molecule has 584 valence electrons. The highest BCUT2D eigenvalue weighted by Crippen LogP contribution is 2.49. The highest BCUT2D eigenvalue weighted by Gasteiger charge is 2.38. The lowest BCUT2D eigenvalue weighted by Gasteiger charge is -2.26. The largest absolute Gasteiger partial charge is 0.373 e. The van der Waals surface area contributed by atoms with Gasteiger partial charge in [-0.2, -0.15) is 0 Å². The number of carbonyl (C=O) groups is 2. The maximum absolute atomic E-state index is 12.1. The number of nitrogens with zero attached hydrogens (tertiary/aromatic N) is 1. The Morgan fingerprint density at radius 2 is 0.735 bits per heavy atom. The van der Waals surface area contributed by atoms with Crippen molar-refractivity contribution in [1.29, 1.82) is 0 Å². The summed E-state index contributed by atoms with van der Waals surface area (Å²) in [6.45, 7) is 9.28. The SMILES string of the molecule is C=P(O)(OC)OCC1OCCC1OP(=C)(O)OCCCCCCSC1CC(=O)N(CC)C1=O.C=P(O)(OCCCCCCN)OCC1OCCC1OP(=C)(O)OC.CCCCCCCCCCCCCCCCCCCCCCCCCCCCCCCCCCCCCCCCC. The maximum atomic E-state index is 12.1. The van der Waals surface area contributed by atoms with E-state index in [-0.39, 0.29) is 30.3 Å². The number of rotatable bonds is 67. The van der Waals surface area contributed by atoms with E-state index >= 15 is 0 Å². The van der Waals surface area contributed by atoms with Gasteiger partial charge in [-0.15, -0.1) is 11.8 Å². The van der Waals surface area contributed by atoms with E-state index in [2.05, 4.69) is 39.0 Å². The Morgan fingerprint density at radius 1 is 0.429 bits per heavy atom. The first-order valence-electron chi connectivity index (χ1n) is 39.6. The molecule has 0 aromatic heterocycles. The second-order valence-electron chi connectivity index (χ2n) is 27.6. The van der Waals surface area contributed by atoms with E-state index in [1.165, 1.54) is 270 Å². The molecule has 0 aliphatic carbocycles. The molecule has 3 rings (SSSR count). The second kappa shape index (κ2) is 64.3. The average Bonchev–Trinajstić information content (AvgIpc) is 1.71. The summed E-state index contributed by atoms with van der Waals surface area (Å²) in [5.41, 5.74) is 5.43. The molecule has 3 heterocycles. The highest BCUT2D eigenvalue weighted by atomic mass is 32.2. The van der Waals surface area contributed by atoms with Crippen LogP contribution in [0.3, 0.4) is 0 Å². The number of hydrogen-bond donors (Lipinski definition) is 5. The van der Waals surface area contributed by atoms with Gasteiger partial charge in [0.05, 0.1) is 43.9 Å². The Balaban J connectivity index is 0.000000759. The van der Waals surface area contributed by atoms with Crippen LogP contribution in [0.15, 0.2) is 0 Å². The molecule has 0 bridgehead atoms. The molecule has 9 unspecified atom stereocenters. The summed E-state index contributed by atoms with van der Waals surface area (Å²) in [6.07, 6.45) is 79.2. The lowest BCUT2D eigenvalue weighted by Crippen LogP contribution is -2.30. The third kappa shape index (κ3) is 55.5. The van der Waals surface area contributed by atoms with Crippen LogP contribution in [-0.2, 0) is 55.3 Å². The first-order chi connectivity index (χ1) is 47.3. The molecule has 6 N–H and O–H groups in total. The molecular weight excluding hydrogens is 1340 g/mol. The van der Waals surface area contributed by atoms with Crippen LogP contribution >= 0.6 is 42.0 Å². The molecule has 3 aliphatic rings. The van der Waals surface area contributed by atoms with Gasteiger partial charge in [0.15, 0.2) is 0 Å². The fourth-order valence-corrected chi connectivity index (χ4v) is 16.8. The van der Waals surface area contributed by atoms with Crippen LogP contribution in [0, 0.1) is 0 Å². The van der Waals surface area contributed by atoms with Crippen molar-refractivity contribution in [3.8, 4) is 0 Å². The smallest absolute Gasteiger partial charge is 0.248 e. The van der Waals surface area contributed by atoms with Gasteiger partial charge in [0.1, 0.15) is 12.2 Å². The maximum Gasteiger partial charge on any atom is 0.248 e. The fourth-order valence-electron chi connectivity index (χ4n) is 12.4. The predicted octanol–water partition coefficient (Wildman–Crippen LogP) is 20.6. The van der Waals surface area contributed by atoms with Crippen molar-refractivity contribution in [3.63, 3.8) is 0 Å². The molecule has 0 spiro atoms. The molecule has 3 aliphatic heterocycles. The summed E-state index contributed by atoms with van der Waals surface area (Å²) in [5.74, 6) is 0.686. The van der Waals surface area contributed by atoms with Crippen molar-refractivity contribution >= 4 is 79.0 Å². The zero-order valence-electron chi connectivity index (χ0n) is 63.3. The van der Waals surface area contributed by atoms with Gasteiger partial charge >= 0.3 is 0 Å². The molecule has 9 atom stereocenters. The van der Waals surface area contributed by atoms with Gasteiger partial charge in [-0.3, -0.25) is 14.5 Å². The first-order valence-corrected chi connectivity index (χ1v) is 47.7. The molecule has 2 amide bonds. The number of unbranched alkanes of at least 4 members (excludes halogenated alkanes) is 44. The topological polar surface area (TPSA) is 237 Å². The molecular formula is C75H152N2O16P4S. The van der Waals surface area contributed by atoms with E-state index in [1.54, 1.807) is 11.8 Å². The van der Waals surface area contributed by atoms with Crippen molar-refractivity contribution in [2.75, 3.05) is 72.7 Å². The van der Waals surface area contributed by atoms with Crippen molar-refractivity contribution in [2.45, 2.75) is 371 Å². The lowest BCUT2D eigenvalue weighted by molar-refractivity contribution is -0.137. The van der Waals surface area contributed by atoms with Gasteiger partial charge < -0.3 is 71.0 Å². The van der Waals surface area contributed by atoms with Crippen molar-refractivity contribution in [3.05, 3.63) is 0 Å². The average molecular weight is 1490 g/mol. The summed E-state index contributed by atoms with van der Waals surface area (Å²) in [6, 6.07) is 0. The standard InChI is InChI=1S/C41H84.C20H37NO9P2S.C14H31NO7P2/c1-3-5-7-9-11-13-15-17-19-21-23-25-27-29-31-33-35-37-39-41-40-38-36-34-32-30-28-26-24-22-20-18-16-14-12-10-8-6-4-2;1-5-21-19(22)14-18(20(21)23)33-13-9-7-6-8-11-28-32(4,25)30-16-10-12-27-17(16)15-29-31(3,24)26-2;1-18-23(2,16)22-13-8-11-19-14(13)12-21-24(3,17)20-10-7-5-4-6-9-15/h3-41H2,1-2H3;16-18,24-25H,3-15H2,1-2H3;13-14,16-17H,2-12,15H2,1H3. The van der Waals surface area contributed by atoms with Crippen LogP contribution in [0.25, 0.3) is 0 Å². The monoisotopic (exact) mass is 1490 g/mol. The minimum atomic E-state index is -3.26. The van der Waals surface area contributed by atoms with Crippen LogP contribution in [0.2, 0.25) is 0 Å². The minimum Gasteiger partial charge on any atom is -0.373 e. The van der Waals surface area contributed by atoms with E-state index in [4.69, 9.17) is 51.4 Å². The number of carbonyl (C=O) groups excluding carboxylic acids is 2. The Bertz CT molecular complexity index is 2030.